The Morgan fingerprint density at radius 3 is 2.42 bits per heavy atom. The number of aryl methyl sites for hydroxylation is 2. The fraction of sp³-hybridized carbons (Fsp3) is 0.250. The number of carbonyl (C=O) groups excluding carboxylic acids is 3. The third kappa shape index (κ3) is 5.44. The van der Waals surface area contributed by atoms with Crippen molar-refractivity contribution in [1.29, 1.82) is 0 Å². The minimum Gasteiger partial charge on any atom is -0.451 e. The van der Waals surface area contributed by atoms with Crippen molar-refractivity contribution in [2.75, 3.05) is 11.9 Å². The molecule has 1 atom stereocenters. The number of esters is 1. The van der Waals surface area contributed by atoms with Crippen molar-refractivity contribution in [1.82, 2.24) is 5.32 Å². The van der Waals surface area contributed by atoms with E-state index >= 15 is 0 Å². The van der Waals surface area contributed by atoms with Crippen LogP contribution in [-0.2, 0) is 14.3 Å². The van der Waals surface area contributed by atoms with E-state index in [1.165, 1.54) is 6.92 Å². The predicted molar refractivity (Wildman–Crippen MR) is 98.9 cm³/mol. The van der Waals surface area contributed by atoms with Crippen LogP contribution in [0.5, 0.6) is 0 Å². The van der Waals surface area contributed by atoms with E-state index in [0.717, 1.165) is 11.1 Å². The third-order valence-electron chi connectivity index (χ3n) is 3.76. The quantitative estimate of drug-likeness (QED) is 0.781. The molecular weight excluding hydrogens is 332 g/mol. The first-order valence-corrected chi connectivity index (χ1v) is 8.27. The minimum atomic E-state index is -0.976. The van der Waals surface area contributed by atoms with E-state index in [2.05, 4.69) is 10.6 Å². The summed E-state index contributed by atoms with van der Waals surface area (Å²) in [7, 11) is 0. The van der Waals surface area contributed by atoms with Crippen LogP contribution in [0.25, 0.3) is 0 Å². The number of ether oxygens (including phenoxy) is 1. The highest BCUT2D eigenvalue weighted by Gasteiger charge is 2.19. The maximum atomic E-state index is 12.2. The molecule has 0 radical (unpaired) electrons. The highest BCUT2D eigenvalue weighted by atomic mass is 16.5. The number of nitrogens with one attached hydrogen (secondary N) is 2. The lowest BCUT2D eigenvalue weighted by atomic mass is 10.1. The molecule has 136 valence electrons. The van der Waals surface area contributed by atoms with Crippen LogP contribution in [-0.4, -0.2) is 30.4 Å². The number of carbonyl (C=O) groups is 3. The van der Waals surface area contributed by atoms with Crippen LogP contribution in [0.1, 0.15) is 28.4 Å². The predicted octanol–water partition coefficient (Wildman–Crippen LogP) is 2.60. The van der Waals surface area contributed by atoms with E-state index in [9.17, 15) is 14.4 Å². The average molecular weight is 354 g/mol. The molecular formula is C20H22N2O4. The van der Waals surface area contributed by atoms with Crippen molar-refractivity contribution in [2.24, 2.45) is 0 Å². The maximum absolute atomic E-state index is 12.2. The molecule has 2 aromatic carbocycles. The lowest BCUT2D eigenvalue weighted by Gasteiger charge is -2.15. The Hall–Kier alpha value is -3.15. The molecule has 2 aromatic rings. The molecule has 0 heterocycles. The van der Waals surface area contributed by atoms with E-state index in [0.29, 0.717) is 11.3 Å². The van der Waals surface area contributed by atoms with E-state index in [-0.39, 0.29) is 12.5 Å². The van der Waals surface area contributed by atoms with Gasteiger partial charge < -0.3 is 15.4 Å². The molecule has 0 fully saturated rings. The Kier molecular flexibility index (Phi) is 6.49. The smallest absolute Gasteiger partial charge is 0.326 e. The topological polar surface area (TPSA) is 84.5 Å². The molecule has 26 heavy (non-hydrogen) atoms. The van der Waals surface area contributed by atoms with E-state index < -0.39 is 18.0 Å². The molecule has 6 nitrogen and oxygen atoms in total. The fourth-order valence-corrected chi connectivity index (χ4v) is 2.24. The highest BCUT2D eigenvalue weighted by molar-refractivity contribution is 5.97. The van der Waals surface area contributed by atoms with Gasteiger partial charge in [-0.05, 0) is 50.1 Å². The first-order valence-electron chi connectivity index (χ1n) is 8.27. The second-order valence-electron chi connectivity index (χ2n) is 5.99. The minimum absolute atomic E-state index is 0.311. The first-order chi connectivity index (χ1) is 12.4. The van der Waals surface area contributed by atoms with Gasteiger partial charge in [0.05, 0.1) is 0 Å². The molecule has 0 bridgehead atoms. The van der Waals surface area contributed by atoms with Crippen LogP contribution >= 0.6 is 0 Å². The zero-order valence-electron chi connectivity index (χ0n) is 15.0. The van der Waals surface area contributed by atoms with Crippen molar-refractivity contribution < 1.29 is 19.1 Å². The van der Waals surface area contributed by atoms with Crippen LogP contribution in [0.15, 0.2) is 48.5 Å². The van der Waals surface area contributed by atoms with Crippen molar-refractivity contribution in [3.05, 3.63) is 65.2 Å². The molecule has 1 unspecified atom stereocenters. The Morgan fingerprint density at radius 2 is 1.73 bits per heavy atom. The van der Waals surface area contributed by atoms with Gasteiger partial charge in [0.1, 0.15) is 6.54 Å². The molecule has 0 aliphatic rings. The summed E-state index contributed by atoms with van der Waals surface area (Å²) in [5.74, 6) is -1.49. The molecule has 0 spiro atoms. The number of rotatable bonds is 6. The number of hydrogen-bond donors (Lipinski definition) is 2. The number of anilines is 1. The Labute approximate surface area is 152 Å². The summed E-state index contributed by atoms with van der Waals surface area (Å²) in [5, 5.41) is 5.21. The van der Waals surface area contributed by atoms with Gasteiger partial charge in [-0.15, -0.1) is 0 Å². The van der Waals surface area contributed by atoms with Gasteiger partial charge in [0.25, 0.3) is 11.8 Å². The van der Waals surface area contributed by atoms with Crippen molar-refractivity contribution in [3.8, 4) is 0 Å². The van der Waals surface area contributed by atoms with E-state index in [4.69, 9.17) is 4.74 Å². The van der Waals surface area contributed by atoms with Crippen LogP contribution in [0.3, 0.4) is 0 Å². The van der Waals surface area contributed by atoms with Crippen LogP contribution < -0.4 is 10.6 Å². The summed E-state index contributed by atoms with van der Waals surface area (Å²) in [4.78, 5) is 35.9. The van der Waals surface area contributed by atoms with Gasteiger partial charge in [0.2, 0.25) is 0 Å². The normalized spacial score (nSPS) is 11.3. The average Bonchev–Trinajstić information content (AvgIpc) is 2.63. The molecule has 0 aromatic heterocycles. The summed E-state index contributed by atoms with van der Waals surface area (Å²) >= 11 is 0. The fourth-order valence-electron chi connectivity index (χ4n) is 2.24. The third-order valence-corrected chi connectivity index (χ3v) is 3.76. The van der Waals surface area contributed by atoms with Crippen molar-refractivity contribution >= 4 is 23.5 Å². The van der Waals surface area contributed by atoms with Gasteiger partial charge >= 0.3 is 5.97 Å². The zero-order chi connectivity index (χ0) is 19.1. The summed E-state index contributed by atoms with van der Waals surface area (Å²) in [5.41, 5.74) is 3.05. The molecule has 2 N–H and O–H groups in total. The number of amides is 2. The lowest BCUT2D eigenvalue weighted by Crippen LogP contribution is -2.35. The van der Waals surface area contributed by atoms with Crippen molar-refractivity contribution in [3.63, 3.8) is 0 Å². The van der Waals surface area contributed by atoms with Gasteiger partial charge in [0.15, 0.2) is 6.10 Å². The highest BCUT2D eigenvalue weighted by Crippen LogP contribution is 2.16. The van der Waals surface area contributed by atoms with E-state index in [1.807, 2.05) is 32.0 Å². The van der Waals surface area contributed by atoms with Gasteiger partial charge in [0, 0.05) is 11.3 Å². The molecule has 0 aliphatic carbocycles. The largest absolute Gasteiger partial charge is 0.451 e. The Morgan fingerprint density at radius 1 is 1.04 bits per heavy atom. The first kappa shape index (κ1) is 19.2. The van der Waals surface area contributed by atoms with Crippen LogP contribution in [0.4, 0.5) is 5.69 Å². The van der Waals surface area contributed by atoms with Gasteiger partial charge in [-0.1, -0.05) is 30.3 Å². The van der Waals surface area contributed by atoms with Gasteiger partial charge in [-0.25, -0.2) is 0 Å². The molecule has 0 aliphatic heterocycles. The zero-order valence-corrected chi connectivity index (χ0v) is 15.0. The van der Waals surface area contributed by atoms with Crippen LogP contribution in [0.2, 0.25) is 0 Å². The monoisotopic (exact) mass is 354 g/mol. The molecule has 0 saturated heterocycles. The number of hydrogen-bond acceptors (Lipinski definition) is 4. The second kappa shape index (κ2) is 8.80. The molecule has 2 amide bonds. The second-order valence-corrected chi connectivity index (χ2v) is 5.99. The summed E-state index contributed by atoms with van der Waals surface area (Å²) in [6, 6.07) is 14.2. The lowest BCUT2D eigenvalue weighted by molar-refractivity contribution is -0.152. The summed E-state index contributed by atoms with van der Waals surface area (Å²) < 4.78 is 5.08. The standard InChI is InChI=1S/C20H22N2O4/c1-13-9-10-14(2)17(11-13)22-19(24)15(3)26-18(23)12-21-20(25)16-7-5-4-6-8-16/h4-11,15H,12H2,1-3H3,(H,21,25)(H,22,24). The summed E-state index contributed by atoms with van der Waals surface area (Å²) in [6.45, 7) is 4.98. The Balaban J connectivity index is 1.83. The SMILES string of the molecule is Cc1ccc(C)c(NC(=O)C(C)OC(=O)CNC(=O)c2ccccc2)c1. The molecule has 2 rings (SSSR count). The number of benzene rings is 2. The van der Waals surface area contributed by atoms with Crippen LogP contribution in [0, 0.1) is 13.8 Å². The maximum Gasteiger partial charge on any atom is 0.326 e. The van der Waals surface area contributed by atoms with E-state index in [1.54, 1.807) is 30.3 Å². The molecule has 0 saturated carbocycles. The van der Waals surface area contributed by atoms with Gasteiger partial charge in [-0.2, -0.15) is 0 Å². The molecule has 6 heteroatoms. The van der Waals surface area contributed by atoms with Gasteiger partial charge in [-0.3, -0.25) is 14.4 Å². The summed E-state index contributed by atoms with van der Waals surface area (Å²) in [6.07, 6.45) is -0.976. The van der Waals surface area contributed by atoms with Crippen molar-refractivity contribution in [2.45, 2.75) is 26.9 Å². The Bertz CT molecular complexity index is 803.